The molecule has 0 bridgehead atoms. The molecule has 1 aliphatic rings. The number of halogens is 3. The molecule has 0 saturated carbocycles. The summed E-state index contributed by atoms with van der Waals surface area (Å²) in [7, 11) is 0. The molecule has 1 saturated heterocycles. The Morgan fingerprint density at radius 2 is 1.86 bits per heavy atom. The molecule has 1 aromatic carbocycles. The van der Waals surface area contributed by atoms with E-state index in [-0.39, 0.29) is 6.04 Å². The minimum Gasteiger partial charge on any atom is -0.314 e. The van der Waals surface area contributed by atoms with E-state index in [1.807, 2.05) is 16.8 Å². The van der Waals surface area contributed by atoms with Crippen molar-refractivity contribution < 1.29 is 13.2 Å². The first kappa shape index (κ1) is 15.5. The van der Waals surface area contributed by atoms with Gasteiger partial charge >= 0.3 is 6.18 Å². The van der Waals surface area contributed by atoms with Crippen LogP contribution in [-0.4, -0.2) is 31.1 Å². The molecule has 0 unspecified atom stereocenters. The minimum atomic E-state index is -4.31. The second kappa shape index (κ2) is 6.40. The maximum absolute atomic E-state index is 13.0. The van der Waals surface area contributed by atoms with Crippen LogP contribution in [0.3, 0.4) is 0 Å². The zero-order valence-electron chi connectivity index (χ0n) is 11.9. The lowest BCUT2D eigenvalue weighted by atomic mass is 9.97. The Morgan fingerprint density at radius 3 is 2.50 bits per heavy atom. The summed E-state index contributed by atoms with van der Waals surface area (Å²) >= 11 is 1.57. The van der Waals surface area contributed by atoms with Gasteiger partial charge in [-0.2, -0.15) is 24.5 Å². The molecule has 1 N–H and O–H groups in total. The number of alkyl halides is 3. The fraction of sp³-hybridized carbons (Fsp3) is 0.375. The van der Waals surface area contributed by atoms with Gasteiger partial charge in [0, 0.05) is 26.2 Å². The molecule has 1 aliphatic heterocycles. The van der Waals surface area contributed by atoms with Crippen LogP contribution in [0.2, 0.25) is 0 Å². The molecule has 1 fully saturated rings. The number of benzene rings is 1. The molecule has 3 rings (SSSR count). The van der Waals surface area contributed by atoms with Gasteiger partial charge in [0.05, 0.1) is 11.6 Å². The van der Waals surface area contributed by atoms with E-state index in [4.69, 9.17) is 0 Å². The quantitative estimate of drug-likeness (QED) is 0.924. The predicted molar refractivity (Wildman–Crippen MR) is 82.0 cm³/mol. The molecule has 1 atom stereocenters. The lowest BCUT2D eigenvalue weighted by molar-refractivity contribution is -0.137. The van der Waals surface area contributed by atoms with E-state index in [1.165, 1.54) is 12.1 Å². The molecule has 0 spiro atoms. The van der Waals surface area contributed by atoms with Crippen molar-refractivity contribution in [1.29, 1.82) is 0 Å². The summed E-state index contributed by atoms with van der Waals surface area (Å²) in [5.41, 5.74) is 1.18. The molecule has 2 nitrogen and oxygen atoms in total. The van der Waals surface area contributed by atoms with Gasteiger partial charge in [0.1, 0.15) is 0 Å². The van der Waals surface area contributed by atoms with E-state index >= 15 is 0 Å². The Bertz CT molecular complexity index is 604. The maximum Gasteiger partial charge on any atom is 0.416 e. The van der Waals surface area contributed by atoms with Crippen LogP contribution in [-0.2, 0) is 6.18 Å². The van der Waals surface area contributed by atoms with Crippen molar-refractivity contribution in [2.45, 2.75) is 12.2 Å². The maximum atomic E-state index is 13.0. The standard InChI is InChI=1S/C16H17F3N2S/c17-16(18,19)14-3-1-2-12(10-14)15(13-4-9-22-11-13)21-7-5-20-6-8-21/h1-4,9-11,15,20H,5-8H2/t15-/m1/s1. The SMILES string of the molecule is FC(F)(F)c1cccc([C@H](c2ccsc2)N2CCNCC2)c1. The van der Waals surface area contributed by atoms with Crippen molar-refractivity contribution in [1.82, 2.24) is 10.2 Å². The normalized spacial score (nSPS) is 18.3. The largest absolute Gasteiger partial charge is 0.416 e. The van der Waals surface area contributed by atoms with E-state index in [9.17, 15) is 13.2 Å². The number of nitrogens with one attached hydrogen (secondary N) is 1. The highest BCUT2D eigenvalue weighted by molar-refractivity contribution is 7.08. The van der Waals surface area contributed by atoms with Gasteiger partial charge in [0.15, 0.2) is 0 Å². The molecule has 0 aliphatic carbocycles. The average Bonchev–Trinajstić information content (AvgIpc) is 3.02. The summed E-state index contributed by atoms with van der Waals surface area (Å²) in [6.45, 7) is 3.38. The number of hydrogen-bond acceptors (Lipinski definition) is 3. The van der Waals surface area contributed by atoms with Crippen LogP contribution in [0.15, 0.2) is 41.1 Å². The Balaban J connectivity index is 1.99. The molecule has 22 heavy (non-hydrogen) atoms. The number of rotatable bonds is 3. The fourth-order valence-corrected chi connectivity index (χ4v) is 3.55. The second-order valence-corrected chi connectivity index (χ2v) is 6.15. The Hall–Kier alpha value is -1.37. The summed E-state index contributed by atoms with van der Waals surface area (Å²) in [6.07, 6.45) is -4.31. The van der Waals surface area contributed by atoms with Gasteiger partial charge < -0.3 is 5.32 Å². The Labute approximate surface area is 131 Å². The second-order valence-electron chi connectivity index (χ2n) is 5.37. The molecule has 118 valence electrons. The summed E-state index contributed by atoms with van der Waals surface area (Å²) < 4.78 is 39.0. The van der Waals surface area contributed by atoms with Crippen molar-refractivity contribution in [3.05, 3.63) is 57.8 Å². The molecular formula is C16H17F3N2S. The highest BCUT2D eigenvalue weighted by atomic mass is 32.1. The number of thiophene rings is 1. The van der Waals surface area contributed by atoms with Crippen molar-refractivity contribution in [3.8, 4) is 0 Å². The molecule has 1 aromatic heterocycles. The third kappa shape index (κ3) is 3.34. The van der Waals surface area contributed by atoms with Crippen LogP contribution in [0.5, 0.6) is 0 Å². The van der Waals surface area contributed by atoms with E-state index in [2.05, 4.69) is 10.2 Å². The van der Waals surface area contributed by atoms with Gasteiger partial charge in [-0.15, -0.1) is 0 Å². The van der Waals surface area contributed by atoms with E-state index < -0.39 is 11.7 Å². The van der Waals surface area contributed by atoms with Crippen LogP contribution >= 0.6 is 11.3 Å². The molecule has 0 amide bonds. The van der Waals surface area contributed by atoms with Crippen LogP contribution in [0.4, 0.5) is 13.2 Å². The fourth-order valence-electron chi connectivity index (χ4n) is 2.87. The predicted octanol–water partition coefficient (Wildman–Crippen LogP) is 3.76. The highest BCUT2D eigenvalue weighted by Crippen LogP contribution is 2.35. The van der Waals surface area contributed by atoms with Crippen molar-refractivity contribution >= 4 is 11.3 Å². The van der Waals surface area contributed by atoms with Crippen molar-refractivity contribution in [3.63, 3.8) is 0 Å². The van der Waals surface area contributed by atoms with Gasteiger partial charge in [0.2, 0.25) is 0 Å². The molecule has 2 aromatic rings. The van der Waals surface area contributed by atoms with Crippen LogP contribution in [0.1, 0.15) is 22.7 Å². The van der Waals surface area contributed by atoms with Crippen LogP contribution in [0.25, 0.3) is 0 Å². The lowest BCUT2D eigenvalue weighted by Gasteiger charge is -2.35. The molecular weight excluding hydrogens is 309 g/mol. The van der Waals surface area contributed by atoms with E-state index in [0.29, 0.717) is 5.56 Å². The zero-order valence-corrected chi connectivity index (χ0v) is 12.8. The van der Waals surface area contributed by atoms with E-state index in [1.54, 1.807) is 17.4 Å². The first-order valence-electron chi connectivity index (χ1n) is 7.20. The smallest absolute Gasteiger partial charge is 0.314 e. The Kier molecular flexibility index (Phi) is 4.52. The number of nitrogens with zero attached hydrogens (tertiary/aromatic N) is 1. The topological polar surface area (TPSA) is 15.3 Å². The van der Waals surface area contributed by atoms with Gasteiger partial charge in [0.25, 0.3) is 0 Å². The molecule has 6 heteroatoms. The van der Waals surface area contributed by atoms with E-state index in [0.717, 1.165) is 37.8 Å². The first-order valence-corrected chi connectivity index (χ1v) is 8.14. The van der Waals surface area contributed by atoms with Gasteiger partial charge in [-0.05, 0) is 40.1 Å². The summed E-state index contributed by atoms with van der Waals surface area (Å²) in [6, 6.07) is 7.59. The minimum absolute atomic E-state index is 0.115. The van der Waals surface area contributed by atoms with Crippen molar-refractivity contribution in [2.24, 2.45) is 0 Å². The highest BCUT2D eigenvalue weighted by Gasteiger charge is 2.32. The van der Waals surface area contributed by atoms with Crippen LogP contribution < -0.4 is 5.32 Å². The van der Waals surface area contributed by atoms with Gasteiger partial charge in [-0.3, -0.25) is 4.90 Å². The average molecular weight is 326 g/mol. The molecule has 0 radical (unpaired) electrons. The number of piperazine rings is 1. The summed E-state index contributed by atoms with van der Waals surface area (Å²) in [5, 5.41) is 7.27. The first-order chi connectivity index (χ1) is 10.6. The third-order valence-electron chi connectivity index (χ3n) is 3.91. The zero-order chi connectivity index (χ0) is 15.6. The van der Waals surface area contributed by atoms with Gasteiger partial charge in [-0.1, -0.05) is 12.1 Å². The monoisotopic (exact) mass is 326 g/mol. The molecule has 2 heterocycles. The van der Waals surface area contributed by atoms with Crippen LogP contribution in [0, 0.1) is 0 Å². The Morgan fingerprint density at radius 1 is 1.09 bits per heavy atom. The summed E-state index contributed by atoms with van der Waals surface area (Å²) in [5.74, 6) is 0. The van der Waals surface area contributed by atoms with Gasteiger partial charge in [-0.25, -0.2) is 0 Å². The number of hydrogen-bond donors (Lipinski definition) is 1. The van der Waals surface area contributed by atoms with Crippen molar-refractivity contribution in [2.75, 3.05) is 26.2 Å². The third-order valence-corrected chi connectivity index (χ3v) is 4.61. The lowest BCUT2D eigenvalue weighted by Crippen LogP contribution is -2.45. The summed E-state index contributed by atoms with van der Waals surface area (Å²) in [4.78, 5) is 2.24.